The van der Waals surface area contributed by atoms with E-state index in [0.29, 0.717) is 6.54 Å². The van der Waals surface area contributed by atoms with E-state index in [1.54, 1.807) is 13.1 Å². The molecule has 0 amide bonds. The van der Waals surface area contributed by atoms with Gasteiger partial charge in [0.1, 0.15) is 11.4 Å². The summed E-state index contributed by atoms with van der Waals surface area (Å²) in [5.74, 6) is -0.104. The second-order valence-corrected chi connectivity index (χ2v) is 7.97. The van der Waals surface area contributed by atoms with Crippen molar-refractivity contribution in [2.45, 2.75) is 44.6 Å². The fourth-order valence-corrected chi connectivity index (χ4v) is 3.54. The Morgan fingerprint density at radius 1 is 1.09 bits per heavy atom. The SMILES string of the molecule is C[C@@H](O)[C@H](Nc1nc(NCc2ccc(-c3ccccn3)cc2)ncc1C(F)(F)F)C1CC1. The number of aliphatic hydroxyl groups excluding tert-OH is 1. The molecular weight excluding hydrogens is 419 g/mol. The minimum atomic E-state index is -4.60. The highest BCUT2D eigenvalue weighted by Crippen LogP contribution is 2.39. The Hall–Kier alpha value is -3.20. The van der Waals surface area contributed by atoms with Crippen LogP contribution in [0.4, 0.5) is 24.9 Å². The maximum Gasteiger partial charge on any atom is 0.421 e. The molecule has 0 saturated heterocycles. The molecule has 2 heterocycles. The van der Waals surface area contributed by atoms with E-state index < -0.39 is 23.9 Å². The predicted molar refractivity (Wildman–Crippen MR) is 116 cm³/mol. The molecule has 1 fully saturated rings. The Morgan fingerprint density at radius 3 is 2.44 bits per heavy atom. The summed E-state index contributed by atoms with van der Waals surface area (Å²) in [4.78, 5) is 12.2. The molecule has 0 aliphatic heterocycles. The molecule has 1 aromatic carbocycles. The van der Waals surface area contributed by atoms with Crippen molar-refractivity contribution in [3.05, 3.63) is 66.0 Å². The Labute approximate surface area is 184 Å². The first-order valence-electron chi connectivity index (χ1n) is 10.4. The Balaban J connectivity index is 1.49. The van der Waals surface area contributed by atoms with Crippen molar-refractivity contribution in [3.8, 4) is 11.3 Å². The summed E-state index contributed by atoms with van der Waals surface area (Å²) < 4.78 is 40.4. The fourth-order valence-electron chi connectivity index (χ4n) is 3.54. The number of aliphatic hydroxyl groups is 1. The summed E-state index contributed by atoms with van der Waals surface area (Å²) in [5, 5.41) is 15.8. The van der Waals surface area contributed by atoms with Gasteiger partial charge in [-0.3, -0.25) is 4.98 Å². The summed E-state index contributed by atoms with van der Waals surface area (Å²) >= 11 is 0. The van der Waals surface area contributed by atoms with Gasteiger partial charge in [-0.2, -0.15) is 18.2 Å². The molecule has 0 bridgehead atoms. The molecule has 32 heavy (non-hydrogen) atoms. The number of pyridine rings is 1. The van der Waals surface area contributed by atoms with Crippen molar-refractivity contribution >= 4 is 11.8 Å². The lowest BCUT2D eigenvalue weighted by Crippen LogP contribution is -2.34. The summed E-state index contributed by atoms with van der Waals surface area (Å²) in [6.45, 7) is 1.91. The van der Waals surface area contributed by atoms with Gasteiger partial charge in [-0.25, -0.2) is 4.98 Å². The third-order valence-corrected chi connectivity index (χ3v) is 5.41. The normalized spacial score (nSPS) is 15.8. The van der Waals surface area contributed by atoms with E-state index in [-0.39, 0.29) is 17.7 Å². The summed E-state index contributed by atoms with van der Waals surface area (Å²) in [6, 6.07) is 12.9. The summed E-state index contributed by atoms with van der Waals surface area (Å²) in [7, 11) is 0. The number of halogens is 3. The van der Waals surface area contributed by atoms with Gasteiger partial charge in [-0.05, 0) is 43.4 Å². The highest BCUT2D eigenvalue weighted by atomic mass is 19.4. The van der Waals surface area contributed by atoms with Crippen molar-refractivity contribution in [2.75, 3.05) is 10.6 Å². The minimum absolute atomic E-state index is 0.0782. The molecule has 0 spiro atoms. The van der Waals surface area contributed by atoms with Crippen LogP contribution in [0.2, 0.25) is 0 Å². The molecule has 2 aromatic heterocycles. The smallest absolute Gasteiger partial charge is 0.391 e. The van der Waals surface area contributed by atoms with E-state index in [1.165, 1.54) is 0 Å². The van der Waals surface area contributed by atoms with Gasteiger partial charge >= 0.3 is 6.18 Å². The van der Waals surface area contributed by atoms with Gasteiger partial charge in [-0.15, -0.1) is 0 Å². The number of anilines is 2. The molecule has 6 nitrogen and oxygen atoms in total. The average molecular weight is 443 g/mol. The van der Waals surface area contributed by atoms with Crippen LogP contribution in [-0.4, -0.2) is 32.2 Å². The van der Waals surface area contributed by atoms with E-state index in [1.807, 2.05) is 42.5 Å². The summed E-state index contributed by atoms with van der Waals surface area (Å²) in [5.41, 5.74) is 1.80. The zero-order valence-corrected chi connectivity index (χ0v) is 17.5. The number of alkyl halides is 3. The monoisotopic (exact) mass is 443 g/mol. The van der Waals surface area contributed by atoms with Crippen molar-refractivity contribution in [1.29, 1.82) is 0 Å². The van der Waals surface area contributed by atoms with Crippen LogP contribution in [0.1, 0.15) is 30.9 Å². The van der Waals surface area contributed by atoms with E-state index in [2.05, 4.69) is 25.6 Å². The molecular formula is C23H24F3N5O. The molecule has 0 radical (unpaired) electrons. The number of nitrogens with one attached hydrogen (secondary N) is 2. The van der Waals surface area contributed by atoms with Crippen molar-refractivity contribution in [1.82, 2.24) is 15.0 Å². The Bertz CT molecular complexity index is 1040. The molecule has 0 unspecified atom stereocenters. The van der Waals surface area contributed by atoms with Crippen LogP contribution >= 0.6 is 0 Å². The predicted octanol–water partition coefficient (Wildman–Crippen LogP) is 4.74. The molecule has 1 aliphatic carbocycles. The molecule has 4 rings (SSSR count). The lowest BCUT2D eigenvalue weighted by Gasteiger charge is -2.24. The third kappa shape index (κ3) is 5.34. The van der Waals surface area contributed by atoms with Crippen LogP contribution in [0.5, 0.6) is 0 Å². The number of rotatable bonds is 8. The van der Waals surface area contributed by atoms with Crippen LogP contribution in [0.25, 0.3) is 11.3 Å². The van der Waals surface area contributed by atoms with E-state index >= 15 is 0 Å². The van der Waals surface area contributed by atoms with Crippen molar-refractivity contribution in [2.24, 2.45) is 5.92 Å². The van der Waals surface area contributed by atoms with E-state index in [4.69, 9.17) is 0 Å². The lowest BCUT2D eigenvalue weighted by atomic mass is 10.1. The van der Waals surface area contributed by atoms with Crippen LogP contribution in [0, 0.1) is 5.92 Å². The van der Waals surface area contributed by atoms with E-state index in [9.17, 15) is 18.3 Å². The number of benzene rings is 1. The van der Waals surface area contributed by atoms with Gasteiger partial charge in [0.25, 0.3) is 0 Å². The zero-order chi connectivity index (χ0) is 22.7. The number of hydrogen-bond acceptors (Lipinski definition) is 6. The molecule has 9 heteroatoms. The second kappa shape index (κ2) is 9.12. The molecule has 1 saturated carbocycles. The molecule has 1 aliphatic rings. The molecule has 168 valence electrons. The van der Waals surface area contributed by atoms with Gasteiger partial charge < -0.3 is 15.7 Å². The van der Waals surface area contributed by atoms with Gasteiger partial charge in [0.05, 0.1) is 17.8 Å². The number of nitrogens with zero attached hydrogens (tertiary/aromatic N) is 3. The van der Waals surface area contributed by atoms with Crippen LogP contribution in [0.3, 0.4) is 0 Å². The van der Waals surface area contributed by atoms with E-state index in [0.717, 1.165) is 35.9 Å². The van der Waals surface area contributed by atoms with Gasteiger partial charge in [0, 0.05) is 24.5 Å². The quantitative estimate of drug-likeness (QED) is 0.467. The van der Waals surface area contributed by atoms with Crippen LogP contribution in [0.15, 0.2) is 54.9 Å². The van der Waals surface area contributed by atoms with Gasteiger partial charge in [0.15, 0.2) is 0 Å². The lowest BCUT2D eigenvalue weighted by molar-refractivity contribution is -0.137. The number of aromatic nitrogens is 3. The second-order valence-electron chi connectivity index (χ2n) is 7.97. The topological polar surface area (TPSA) is 83.0 Å². The van der Waals surface area contributed by atoms with Crippen LogP contribution < -0.4 is 10.6 Å². The maximum absolute atomic E-state index is 13.5. The minimum Gasteiger partial charge on any atom is -0.391 e. The first-order chi connectivity index (χ1) is 15.3. The molecule has 2 atom stereocenters. The van der Waals surface area contributed by atoms with Gasteiger partial charge in [0.2, 0.25) is 5.95 Å². The summed E-state index contributed by atoms with van der Waals surface area (Å²) in [6.07, 6.45) is -1.16. The van der Waals surface area contributed by atoms with Crippen molar-refractivity contribution in [3.63, 3.8) is 0 Å². The molecule has 3 N–H and O–H groups in total. The first kappa shape index (κ1) is 22.0. The van der Waals surface area contributed by atoms with Gasteiger partial charge in [-0.1, -0.05) is 30.3 Å². The van der Waals surface area contributed by atoms with Crippen molar-refractivity contribution < 1.29 is 18.3 Å². The maximum atomic E-state index is 13.5. The Morgan fingerprint density at radius 2 is 1.84 bits per heavy atom. The fraction of sp³-hybridized carbons (Fsp3) is 0.348. The molecule has 3 aromatic rings. The average Bonchev–Trinajstić information content (AvgIpc) is 3.61. The highest BCUT2D eigenvalue weighted by Gasteiger charge is 2.39. The standard InChI is InChI=1S/C23H24F3N5O/c1-14(32)20(17-9-10-17)30-21-18(23(24,25)26)13-29-22(31-21)28-12-15-5-7-16(8-6-15)19-4-2-3-11-27-19/h2-8,11,13-14,17,20,32H,9-10,12H2,1H3,(H2,28,29,30,31)/t14-,20+/m1/s1. The first-order valence-corrected chi connectivity index (χ1v) is 10.4. The largest absolute Gasteiger partial charge is 0.421 e. The highest BCUT2D eigenvalue weighted by molar-refractivity contribution is 5.59. The third-order valence-electron chi connectivity index (χ3n) is 5.41. The van der Waals surface area contributed by atoms with Crippen LogP contribution in [-0.2, 0) is 12.7 Å². The number of hydrogen-bond donors (Lipinski definition) is 3. The zero-order valence-electron chi connectivity index (χ0n) is 17.5. The Kier molecular flexibility index (Phi) is 6.27.